The van der Waals surface area contributed by atoms with Crippen molar-refractivity contribution in [2.45, 2.75) is 19.4 Å². The van der Waals surface area contributed by atoms with Crippen molar-refractivity contribution >= 4 is 11.6 Å². The fraction of sp³-hybridized carbons (Fsp3) is 0.692. The van der Waals surface area contributed by atoms with Gasteiger partial charge in [-0.1, -0.05) is 6.92 Å². The van der Waals surface area contributed by atoms with Crippen LogP contribution >= 0.6 is 0 Å². The van der Waals surface area contributed by atoms with Crippen molar-refractivity contribution in [3.05, 3.63) is 11.9 Å². The summed E-state index contributed by atoms with van der Waals surface area (Å²) in [5, 5.41) is 6.40. The van der Waals surface area contributed by atoms with Crippen LogP contribution in [-0.2, 0) is 11.2 Å². The first-order valence-corrected chi connectivity index (χ1v) is 6.81. The van der Waals surface area contributed by atoms with Crippen LogP contribution in [0.5, 0.6) is 0 Å². The molecule has 6 heteroatoms. The Morgan fingerprint density at radius 1 is 1.42 bits per heavy atom. The molecule has 0 aliphatic carbocycles. The highest BCUT2D eigenvalue weighted by molar-refractivity contribution is 5.47. The molecule has 1 aliphatic rings. The normalized spacial score (nSPS) is 20.3. The number of ether oxygens (including phenoxy) is 1. The molecule has 0 amide bonds. The number of likely N-dealkylation sites (N-methyl/N-ethyl adjacent to an activating group) is 1. The van der Waals surface area contributed by atoms with Crippen LogP contribution in [0.2, 0.25) is 0 Å². The van der Waals surface area contributed by atoms with Gasteiger partial charge < -0.3 is 20.3 Å². The summed E-state index contributed by atoms with van der Waals surface area (Å²) in [7, 11) is 3.99. The fourth-order valence-corrected chi connectivity index (χ4v) is 2.08. The van der Waals surface area contributed by atoms with Crippen LogP contribution in [-0.4, -0.2) is 61.3 Å². The number of nitrogens with zero attached hydrogens (tertiary/aromatic N) is 3. The van der Waals surface area contributed by atoms with Crippen LogP contribution in [0.4, 0.5) is 11.6 Å². The van der Waals surface area contributed by atoms with Crippen molar-refractivity contribution in [3.63, 3.8) is 0 Å². The standard InChI is InChI=1S/C13H23N5O/c1-4-11-16-12(14-2)7-13(17-11)15-8-10-9-18(3)5-6-19-10/h7,10H,4-6,8-9H2,1-3H3,(H2,14,15,16,17). The molecule has 0 saturated carbocycles. The van der Waals surface area contributed by atoms with Gasteiger partial charge in [-0.3, -0.25) is 0 Å². The second-order valence-electron chi connectivity index (χ2n) is 4.79. The molecule has 0 radical (unpaired) electrons. The average Bonchev–Trinajstić information content (AvgIpc) is 2.44. The zero-order valence-electron chi connectivity index (χ0n) is 11.9. The van der Waals surface area contributed by atoms with Gasteiger partial charge in [-0.05, 0) is 7.05 Å². The first-order valence-electron chi connectivity index (χ1n) is 6.81. The van der Waals surface area contributed by atoms with Crippen LogP contribution in [0.15, 0.2) is 6.07 Å². The monoisotopic (exact) mass is 265 g/mol. The fourth-order valence-electron chi connectivity index (χ4n) is 2.08. The first kappa shape index (κ1) is 14.0. The van der Waals surface area contributed by atoms with Gasteiger partial charge in [0.05, 0.1) is 12.7 Å². The van der Waals surface area contributed by atoms with E-state index in [1.54, 1.807) is 0 Å². The van der Waals surface area contributed by atoms with Crippen molar-refractivity contribution in [2.24, 2.45) is 0 Å². The van der Waals surface area contributed by atoms with Gasteiger partial charge in [-0.25, -0.2) is 9.97 Å². The van der Waals surface area contributed by atoms with Crippen molar-refractivity contribution in [1.82, 2.24) is 14.9 Å². The molecule has 19 heavy (non-hydrogen) atoms. The molecule has 1 aromatic rings. The molecule has 0 bridgehead atoms. The molecule has 2 rings (SSSR count). The molecule has 1 atom stereocenters. The second-order valence-corrected chi connectivity index (χ2v) is 4.79. The van der Waals surface area contributed by atoms with Crippen LogP contribution < -0.4 is 10.6 Å². The summed E-state index contributed by atoms with van der Waals surface area (Å²) in [5.74, 6) is 2.54. The maximum Gasteiger partial charge on any atom is 0.132 e. The predicted octanol–water partition coefficient (Wildman–Crippen LogP) is 0.823. The topological polar surface area (TPSA) is 62.3 Å². The van der Waals surface area contributed by atoms with E-state index < -0.39 is 0 Å². The summed E-state index contributed by atoms with van der Waals surface area (Å²) in [6, 6.07) is 1.92. The second kappa shape index (κ2) is 6.68. The highest BCUT2D eigenvalue weighted by Gasteiger charge is 2.17. The van der Waals surface area contributed by atoms with Gasteiger partial charge in [0.2, 0.25) is 0 Å². The lowest BCUT2D eigenvalue weighted by Crippen LogP contribution is -2.43. The van der Waals surface area contributed by atoms with E-state index in [4.69, 9.17) is 4.74 Å². The van der Waals surface area contributed by atoms with E-state index in [0.717, 1.165) is 50.1 Å². The van der Waals surface area contributed by atoms with Gasteiger partial charge in [0.15, 0.2) is 0 Å². The number of anilines is 2. The summed E-state index contributed by atoms with van der Waals surface area (Å²) in [6.07, 6.45) is 1.05. The van der Waals surface area contributed by atoms with Crippen molar-refractivity contribution in [2.75, 3.05) is 51.0 Å². The molecular weight excluding hydrogens is 242 g/mol. The van der Waals surface area contributed by atoms with Crippen LogP contribution in [0.1, 0.15) is 12.7 Å². The molecule has 6 nitrogen and oxygen atoms in total. The van der Waals surface area contributed by atoms with E-state index >= 15 is 0 Å². The Balaban J connectivity index is 1.94. The lowest BCUT2D eigenvalue weighted by atomic mass is 10.3. The van der Waals surface area contributed by atoms with Crippen LogP contribution in [0.25, 0.3) is 0 Å². The Kier molecular flexibility index (Phi) is 4.93. The summed E-state index contributed by atoms with van der Waals surface area (Å²) in [6.45, 7) is 5.59. The molecule has 1 unspecified atom stereocenters. The lowest BCUT2D eigenvalue weighted by Gasteiger charge is -2.30. The maximum atomic E-state index is 5.72. The quantitative estimate of drug-likeness (QED) is 0.822. The Hall–Kier alpha value is -1.40. The number of rotatable bonds is 5. The maximum absolute atomic E-state index is 5.72. The van der Waals surface area contributed by atoms with E-state index in [9.17, 15) is 0 Å². The van der Waals surface area contributed by atoms with Crippen LogP contribution in [0, 0.1) is 0 Å². The Labute approximate surface area is 114 Å². The highest BCUT2D eigenvalue weighted by Crippen LogP contribution is 2.12. The van der Waals surface area contributed by atoms with Crippen molar-refractivity contribution < 1.29 is 4.74 Å². The number of morpholine rings is 1. The zero-order chi connectivity index (χ0) is 13.7. The van der Waals surface area contributed by atoms with Gasteiger partial charge in [-0.15, -0.1) is 0 Å². The summed E-state index contributed by atoms with van der Waals surface area (Å²) in [5.41, 5.74) is 0. The minimum atomic E-state index is 0.219. The highest BCUT2D eigenvalue weighted by atomic mass is 16.5. The predicted molar refractivity (Wildman–Crippen MR) is 76.7 cm³/mol. The van der Waals surface area contributed by atoms with Crippen molar-refractivity contribution in [3.8, 4) is 0 Å². The molecule has 0 spiro atoms. The van der Waals surface area contributed by atoms with E-state index in [2.05, 4.69) is 39.5 Å². The first-order chi connectivity index (χ1) is 9.21. The molecular formula is C13H23N5O. The van der Waals surface area contributed by atoms with Gasteiger partial charge in [0.25, 0.3) is 0 Å². The average molecular weight is 265 g/mol. The van der Waals surface area contributed by atoms with Gasteiger partial charge in [0, 0.05) is 39.2 Å². The molecule has 1 saturated heterocycles. The lowest BCUT2D eigenvalue weighted by molar-refractivity contribution is -0.0117. The minimum Gasteiger partial charge on any atom is -0.374 e. The molecule has 0 aromatic carbocycles. The molecule has 1 fully saturated rings. The molecule has 1 aliphatic heterocycles. The summed E-state index contributed by atoms with van der Waals surface area (Å²) >= 11 is 0. The Morgan fingerprint density at radius 3 is 2.89 bits per heavy atom. The number of hydrogen-bond acceptors (Lipinski definition) is 6. The third-order valence-electron chi connectivity index (χ3n) is 3.20. The summed E-state index contributed by atoms with van der Waals surface area (Å²) < 4.78 is 5.72. The molecule has 106 valence electrons. The molecule has 2 N–H and O–H groups in total. The van der Waals surface area contributed by atoms with E-state index in [0.29, 0.717) is 0 Å². The smallest absolute Gasteiger partial charge is 0.132 e. The molecule has 1 aromatic heterocycles. The van der Waals surface area contributed by atoms with Gasteiger partial charge >= 0.3 is 0 Å². The third-order valence-corrected chi connectivity index (χ3v) is 3.20. The van der Waals surface area contributed by atoms with E-state index in [1.165, 1.54) is 0 Å². The third kappa shape index (κ3) is 4.04. The number of hydrogen-bond donors (Lipinski definition) is 2. The van der Waals surface area contributed by atoms with Gasteiger partial charge in [-0.2, -0.15) is 0 Å². The van der Waals surface area contributed by atoms with Crippen LogP contribution in [0.3, 0.4) is 0 Å². The van der Waals surface area contributed by atoms with E-state index in [-0.39, 0.29) is 6.10 Å². The Bertz CT molecular complexity index is 390. The van der Waals surface area contributed by atoms with Gasteiger partial charge in [0.1, 0.15) is 17.5 Å². The zero-order valence-corrected chi connectivity index (χ0v) is 11.9. The minimum absolute atomic E-state index is 0.219. The largest absolute Gasteiger partial charge is 0.374 e. The Morgan fingerprint density at radius 2 is 2.21 bits per heavy atom. The number of nitrogens with one attached hydrogen (secondary N) is 2. The summed E-state index contributed by atoms with van der Waals surface area (Å²) in [4.78, 5) is 11.1. The molecule has 2 heterocycles. The number of aromatic nitrogens is 2. The number of aryl methyl sites for hydroxylation is 1. The SMILES string of the molecule is CCc1nc(NC)cc(NCC2CN(C)CCO2)n1. The van der Waals surface area contributed by atoms with Crippen molar-refractivity contribution in [1.29, 1.82) is 0 Å². The van der Waals surface area contributed by atoms with E-state index in [1.807, 2.05) is 13.1 Å².